The predicted octanol–water partition coefficient (Wildman–Crippen LogP) is 1.69. The highest BCUT2D eigenvalue weighted by molar-refractivity contribution is 6.07. The van der Waals surface area contributed by atoms with E-state index in [1.165, 1.54) is 6.92 Å². The monoisotopic (exact) mass is 422 g/mol. The van der Waals surface area contributed by atoms with E-state index < -0.39 is 11.9 Å². The molecule has 2 aromatic carbocycles. The summed E-state index contributed by atoms with van der Waals surface area (Å²) in [4.78, 5) is 39.6. The lowest BCUT2D eigenvalue weighted by Crippen LogP contribution is -2.27. The molecule has 3 rings (SSSR count). The minimum Gasteiger partial charge on any atom is -0.481 e. The fourth-order valence-corrected chi connectivity index (χ4v) is 3.15. The number of nitrogens with one attached hydrogen (secondary N) is 3. The van der Waals surface area contributed by atoms with Crippen molar-refractivity contribution in [3.8, 4) is 11.4 Å². The summed E-state index contributed by atoms with van der Waals surface area (Å²) in [7, 11) is 1.81. The fourth-order valence-electron chi connectivity index (χ4n) is 3.15. The first-order valence-electron chi connectivity index (χ1n) is 9.40. The van der Waals surface area contributed by atoms with Crippen molar-refractivity contribution in [3.63, 3.8) is 0 Å². The van der Waals surface area contributed by atoms with Crippen LogP contribution in [-0.2, 0) is 16.6 Å². The maximum absolute atomic E-state index is 12.6. The molecule has 10 heteroatoms. The molecule has 31 heavy (non-hydrogen) atoms. The fraction of sp³-hybridized carbons (Fsp3) is 0.190. The van der Waals surface area contributed by atoms with Crippen molar-refractivity contribution in [2.45, 2.75) is 13.3 Å². The molecule has 2 amide bonds. The highest BCUT2D eigenvalue weighted by Crippen LogP contribution is 2.29. The summed E-state index contributed by atoms with van der Waals surface area (Å²) in [6.07, 6.45) is -0.215. The second-order valence-corrected chi connectivity index (χ2v) is 6.95. The number of hydrogen-bond acceptors (Lipinski definition) is 5. The van der Waals surface area contributed by atoms with E-state index in [9.17, 15) is 14.4 Å². The van der Waals surface area contributed by atoms with Crippen molar-refractivity contribution in [1.29, 1.82) is 5.41 Å². The first kappa shape index (κ1) is 21.5. The van der Waals surface area contributed by atoms with E-state index in [0.29, 0.717) is 28.1 Å². The van der Waals surface area contributed by atoms with Gasteiger partial charge in [0.2, 0.25) is 5.91 Å². The normalized spacial score (nSPS) is 10.6. The zero-order valence-corrected chi connectivity index (χ0v) is 17.0. The molecule has 0 aliphatic heterocycles. The average Bonchev–Trinajstić information content (AvgIpc) is 3.02. The Bertz CT molecular complexity index is 1200. The number of benzene rings is 2. The van der Waals surface area contributed by atoms with Crippen LogP contribution < -0.4 is 16.4 Å². The molecule has 1 heterocycles. The van der Waals surface area contributed by atoms with Gasteiger partial charge in [0.25, 0.3) is 5.91 Å². The van der Waals surface area contributed by atoms with Crippen LogP contribution in [0.1, 0.15) is 29.3 Å². The van der Waals surface area contributed by atoms with Gasteiger partial charge in [-0.25, -0.2) is 4.98 Å². The van der Waals surface area contributed by atoms with E-state index in [4.69, 9.17) is 16.2 Å². The topological polar surface area (TPSA) is 163 Å². The molecule has 0 fully saturated rings. The number of nitrogen functional groups attached to an aromatic ring is 1. The molecule has 1 aromatic heterocycles. The number of aromatic nitrogens is 2. The van der Waals surface area contributed by atoms with Gasteiger partial charge >= 0.3 is 5.97 Å². The molecule has 6 N–H and O–H groups in total. The van der Waals surface area contributed by atoms with E-state index in [0.717, 1.165) is 5.56 Å². The maximum Gasteiger partial charge on any atom is 0.305 e. The van der Waals surface area contributed by atoms with Crippen LogP contribution in [0.5, 0.6) is 0 Å². The number of carbonyl (C=O) groups excluding carboxylic acids is 2. The Morgan fingerprint density at radius 1 is 1.19 bits per heavy atom. The minimum atomic E-state index is -1.03. The summed E-state index contributed by atoms with van der Waals surface area (Å²) in [6, 6.07) is 10.3. The lowest BCUT2D eigenvalue weighted by molar-refractivity contribution is -0.136. The summed E-state index contributed by atoms with van der Waals surface area (Å²) >= 11 is 0. The molecule has 0 bridgehead atoms. The lowest BCUT2D eigenvalue weighted by atomic mass is 10.1. The smallest absolute Gasteiger partial charge is 0.305 e. The van der Waals surface area contributed by atoms with E-state index in [2.05, 4.69) is 15.6 Å². The molecule has 0 unspecified atom stereocenters. The predicted molar refractivity (Wildman–Crippen MR) is 116 cm³/mol. The van der Waals surface area contributed by atoms with Crippen LogP contribution in [0.15, 0.2) is 36.4 Å². The standard InChI is InChI=1S/C21H22N6O4/c1-11(28)25-15-10-17-16(9-14(15)21(31)24-8-7-18(29)30)26-20(27(17)2)13-5-3-12(4-6-13)19(22)23/h3-6,9-10H,7-8H2,1-2H3,(H3,22,23)(H,24,31)(H,25,28)(H,29,30). The second-order valence-electron chi connectivity index (χ2n) is 6.95. The first-order valence-corrected chi connectivity index (χ1v) is 9.40. The van der Waals surface area contributed by atoms with Crippen LogP contribution in [0, 0.1) is 5.41 Å². The number of imidazole rings is 1. The van der Waals surface area contributed by atoms with Crippen molar-refractivity contribution in [3.05, 3.63) is 47.5 Å². The highest BCUT2D eigenvalue weighted by Gasteiger charge is 2.18. The lowest BCUT2D eigenvalue weighted by Gasteiger charge is -2.11. The number of rotatable bonds is 7. The Morgan fingerprint density at radius 2 is 1.87 bits per heavy atom. The van der Waals surface area contributed by atoms with Crippen molar-refractivity contribution in [2.75, 3.05) is 11.9 Å². The van der Waals surface area contributed by atoms with Crippen molar-refractivity contribution < 1.29 is 19.5 Å². The van der Waals surface area contributed by atoms with Gasteiger partial charge < -0.3 is 26.0 Å². The molecule has 0 saturated heterocycles. The minimum absolute atomic E-state index is 0.0324. The first-order chi connectivity index (χ1) is 14.7. The quantitative estimate of drug-likeness (QED) is 0.287. The Hall–Kier alpha value is -4.21. The number of fused-ring (bicyclic) bond motifs is 1. The van der Waals surface area contributed by atoms with E-state index in [1.54, 1.807) is 36.4 Å². The SMILES string of the molecule is CC(=O)Nc1cc2c(cc1C(=O)NCCC(=O)O)nc(-c1ccc(C(=N)N)cc1)n2C. The van der Waals surface area contributed by atoms with Gasteiger partial charge in [0.05, 0.1) is 28.7 Å². The molecule has 0 spiro atoms. The third-order valence-corrected chi connectivity index (χ3v) is 4.65. The summed E-state index contributed by atoms with van der Waals surface area (Å²) in [6.45, 7) is 1.29. The number of aliphatic carboxylic acids is 1. The number of carboxylic acids is 1. The Morgan fingerprint density at radius 3 is 2.45 bits per heavy atom. The van der Waals surface area contributed by atoms with E-state index in [-0.39, 0.29) is 30.3 Å². The van der Waals surface area contributed by atoms with Gasteiger partial charge in [0.15, 0.2) is 0 Å². The van der Waals surface area contributed by atoms with Crippen LogP contribution in [-0.4, -0.2) is 44.8 Å². The van der Waals surface area contributed by atoms with Gasteiger partial charge in [-0.05, 0) is 12.1 Å². The number of anilines is 1. The molecule has 0 aliphatic rings. The van der Waals surface area contributed by atoms with Crippen molar-refractivity contribution >= 4 is 40.3 Å². The van der Waals surface area contributed by atoms with Crippen LogP contribution in [0.4, 0.5) is 5.69 Å². The Balaban J connectivity index is 2.04. The molecule has 0 aliphatic carbocycles. The number of carbonyl (C=O) groups is 3. The average molecular weight is 422 g/mol. The highest BCUT2D eigenvalue weighted by atomic mass is 16.4. The van der Waals surface area contributed by atoms with Crippen LogP contribution in [0.25, 0.3) is 22.4 Å². The largest absolute Gasteiger partial charge is 0.481 e. The van der Waals surface area contributed by atoms with Gasteiger partial charge in [-0.15, -0.1) is 0 Å². The number of amidine groups is 1. The van der Waals surface area contributed by atoms with Crippen LogP contribution >= 0.6 is 0 Å². The third-order valence-electron chi connectivity index (χ3n) is 4.65. The molecule has 3 aromatic rings. The molecule has 0 saturated carbocycles. The number of carboxylic acid groups (broad SMARTS) is 1. The van der Waals surface area contributed by atoms with Crippen molar-refractivity contribution in [1.82, 2.24) is 14.9 Å². The van der Waals surface area contributed by atoms with Crippen LogP contribution in [0.3, 0.4) is 0 Å². The number of amides is 2. The number of nitrogens with two attached hydrogens (primary N) is 1. The Labute approximate surface area is 177 Å². The van der Waals surface area contributed by atoms with E-state index in [1.807, 2.05) is 11.6 Å². The van der Waals surface area contributed by atoms with E-state index >= 15 is 0 Å². The molecule has 0 atom stereocenters. The maximum atomic E-state index is 12.6. The summed E-state index contributed by atoms with van der Waals surface area (Å²) in [5.74, 6) is -1.29. The molecular weight excluding hydrogens is 400 g/mol. The van der Waals surface area contributed by atoms with Gasteiger partial charge in [0.1, 0.15) is 11.7 Å². The zero-order valence-electron chi connectivity index (χ0n) is 17.0. The molecule has 160 valence electrons. The van der Waals surface area contributed by atoms with Gasteiger partial charge in [-0.3, -0.25) is 19.8 Å². The molecule has 10 nitrogen and oxygen atoms in total. The molecule has 0 radical (unpaired) electrons. The van der Waals surface area contributed by atoms with Crippen LogP contribution in [0.2, 0.25) is 0 Å². The Kier molecular flexibility index (Phi) is 6.00. The summed E-state index contributed by atoms with van der Waals surface area (Å²) in [5, 5.41) is 21.5. The number of aryl methyl sites for hydroxylation is 1. The summed E-state index contributed by atoms with van der Waals surface area (Å²) in [5.41, 5.74) is 8.60. The number of nitrogens with zero attached hydrogens (tertiary/aromatic N) is 2. The van der Waals surface area contributed by atoms with Crippen molar-refractivity contribution in [2.24, 2.45) is 12.8 Å². The second kappa shape index (κ2) is 8.66. The van der Waals surface area contributed by atoms with Gasteiger partial charge in [0, 0.05) is 31.6 Å². The molecular formula is C21H22N6O4. The van der Waals surface area contributed by atoms with Gasteiger partial charge in [-0.2, -0.15) is 0 Å². The third kappa shape index (κ3) is 4.69. The van der Waals surface area contributed by atoms with Gasteiger partial charge in [-0.1, -0.05) is 24.3 Å². The zero-order chi connectivity index (χ0) is 22.7. The number of hydrogen-bond donors (Lipinski definition) is 5. The summed E-state index contributed by atoms with van der Waals surface area (Å²) < 4.78 is 1.83.